The molecule has 19 heavy (non-hydrogen) atoms. The highest BCUT2D eigenvalue weighted by Gasteiger charge is 2.13. The molecule has 0 radical (unpaired) electrons. The normalized spacial score (nSPS) is 10.8. The Bertz CT molecular complexity index is 754. The highest BCUT2D eigenvalue weighted by molar-refractivity contribution is 6.31. The van der Waals surface area contributed by atoms with E-state index in [0.717, 1.165) is 22.0 Å². The molecule has 0 fully saturated rings. The molecule has 3 aromatic rings. The van der Waals surface area contributed by atoms with Crippen LogP contribution in [0.25, 0.3) is 22.0 Å². The fourth-order valence-corrected chi connectivity index (χ4v) is 2.42. The van der Waals surface area contributed by atoms with E-state index in [9.17, 15) is 5.11 Å². The zero-order valence-corrected chi connectivity index (χ0v) is 11.1. The second kappa shape index (κ2) is 4.56. The summed E-state index contributed by atoms with van der Waals surface area (Å²) in [6.45, 7) is 1.80. The van der Waals surface area contributed by atoms with E-state index in [1.807, 2.05) is 48.5 Å². The van der Waals surface area contributed by atoms with Gasteiger partial charge in [0.05, 0.1) is 11.2 Å². The summed E-state index contributed by atoms with van der Waals surface area (Å²) in [5.74, 6) is 0.209. The number of halogens is 1. The molecule has 1 N–H and O–H groups in total. The summed E-state index contributed by atoms with van der Waals surface area (Å²) in [6.07, 6.45) is 0. The van der Waals surface area contributed by atoms with E-state index in [-0.39, 0.29) is 5.75 Å². The first-order valence-electron chi connectivity index (χ1n) is 6.01. The van der Waals surface area contributed by atoms with Crippen LogP contribution in [0.2, 0.25) is 5.02 Å². The summed E-state index contributed by atoms with van der Waals surface area (Å²) in [7, 11) is 0. The minimum absolute atomic E-state index is 0.209. The van der Waals surface area contributed by atoms with Gasteiger partial charge in [-0.05, 0) is 30.7 Å². The third-order valence-corrected chi connectivity index (χ3v) is 3.39. The number of hydrogen-bond acceptors (Lipinski definition) is 2. The van der Waals surface area contributed by atoms with Gasteiger partial charge in [0.2, 0.25) is 0 Å². The number of rotatable bonds is 1. The van der Waals surface area contributed by atoms with E-state index >= 15 is 0 Å². The fraction of sp³-hybridized carbons (Fsp3) is 0.0625. The van der Waals surface area contributed by atoms with Gasteiger partial charge in [0.15, 0.2) is 0 Å². The molecule has 3 heteroatoms. The van der Waals surface area contributed by atoms with Gasteiger partial charge in [0.25, 0.3) is 0 Å². The second-order valence-electron chi connectivity index (χ2n) is 4.45. The summed E-state index contributed by atoms with van der Waals surface area (Å²) < 4.78 is 0. The zero-order chi connectivity index (χ0) is 13.4. The molecule has 2 nitrogen and oxygen atoms in total. The van der Waals surface area contributed by atoms with Crippen LogP contribution in [-0.2, 0) is 0 Å². The lowest BCUT2D eigenvalue weighted by molar-refractivity contribution is 0.471. The second-order valence-corrected chi connectivity index (χ2v) is 4.88. The summed E-state index contributed by atoms with van der Waals surface area (Å²) in [6, 6.07) is 15.3. The van der Waals surface area contributed by atoms with Gasteiger partial charge in [0, 0.05) is 16.0 Å². The Morgan fingerprint density at radius 1 is 1.05 bits per heavy atom. The van der Waals surface area contributed by atoms with Crippen molar-refractivity contribution in [3.8, 4) is 16.9 Å². The predicted molar refractivity (Wildman–Crippen MR) is 78.6 cm³/mol. The van der Waals surface area contributed by atoms with E-state index in [0.29, 0.717) is 10.7 Å². The molecule has 3 rings (SSSR count). The molecule has 94 valence electrons. The van der Waals surface area contributed by atoms with Crippen molar-refractivity contribution in [2.45, 2.75) is 6.92 Å². The average Bonchev–Trinajstić information content (AvgIpc) is 2.42. The lowest BCUT2D eigenvalue weighted by atomic mass is 9.99. The molecule has 0 unspecified atom stereocenters. The summed E-state index contributed by atoms with van der Waals surface area (Å²) in [4.78, 5) is 4.39. The van der Waals surface area contributed by atoms with Crippen molar-refractivity contribution in [1.82, 2.24) is 4.98 Å². The molecule has 0 aliphatic carbocycles. The fourth-order valence-electron chi connectivity index (χ4n) is 2.25. The minimum atomic E-state index is 0.209. The molecule has 0 aliphatic heterocycles. The van der Waals surface area contributed by atoms with Gasteiger partial charge in [-0.25, -0.2) is 4.98 Å². The summed E-state index contributed by atoms with van der Waals surface area (Å²) >= 11 is 6.06. The number of benzene rings is 2. The van der Waals surface area contributed by atoms with Crippen molar-refractivity contribution in [2.75, 3.05) is 0 Å². The van der Waals surface area contributed by atoms with E-state index < -0.39 is 0 Å². The highest BCUT2D eigenvalue weighted by atomic mass is 35.5. The molecular weight excluding hydrogens is 258 g/mol. The molecule has 0 bridgehead atoms. The first-order valence-corrected chi connectivity index (χ1v) is 6.39. The van der Waals surface area contributed by atoms with Gasteiger partial charge in [-0.3, -0.25) is 0 Å². The Labute approximate surface area is 116 Å². The maximum atomic E-state index is 10.3. The van der Waals surface area contributed by atoms with Crippen LogP contribution in [0.15, 0.2) is 48.5 Å². The van der Waals surface area contributed by atoms with Crippen LogP contribution in [0, 0.1) is 6.92 Å². The van der Waals surface area contributed by atoms with E-state index in [2.05, 4.69) is 4.98 Å². The van der Waals surface area contributed by atoms with Crippen LogP contribution >= 0.6 is 11.6 Å². The Balaban J connectivity index is 2.44. The van der Waals surface area contributed by atoms with Crippen molar-refractivity contribution < 1.29 is 5.11 Å². The van der Waals surface area contributed by atoms with Gasteiger partial charge >= 0.3 is 0 Å². The molecule has 0 atom stereocenters. The van der Waals surface area contributed by atoms with Crippen molar-refractivity contribution in [2.24, 2.45) is 0 Å². The number of pyridine rings is 1. The third kappa shape index (κ3) is 2.04. The zero-order valence-electron chi connectivity index (χ0n) is 10.4. The van der Waals surface area contributed by atoms with Crippen LogP contribution < -0.4 is 0 Å². The Morgan fingerprint density at radius 2 is 1.79 bits per heavy atom. The largest absolute Gasteiger partial charge is 0.505 e. The minimum Gasteiger partial charge on any atom is -0.505 e. The lowest BCUT2D eigenvalue weighted by Gasteiger charge is -2.11. The number of fused-ring (bicyclic) bond motifs is 1. The average molecular weight is 270 g/mol. The predicted octanol–water partition coefficient (Wildman–Crippen LogP) is 4.57. The smallest absolute Gasteiger partial charge is 0.145 e. The molecule has 0 spiro atoms. The Hall–Kier alpha value is -2.06. The first-order chi connectivity index (χ1) is 9.16. The molecule has 1 heterocycles. The van der Waals surface area contributed by atoms with Crippen molar-refractivity contribution in [3.63, 3.8) is 0 Å². The van der Waals surface area contributed by atoms with Gasteiger partial charge in [0.1, 0.15) is 5.75 Å². The van der Waals surface area contributed by atoms with Gasteiger partial charge in [-0.15, -0.1) is 0 Å². The van der Waals surface area contributed by atoms with Gasteiger partial charge in [-0.2, -0.15) is 0 Å². The maximum Gasteiger partial charge on any atom is 0.145 e. The maximum absolute atomic E-state index is 10.3. The molecular formula is C16H12ClNO. The van der Waals surface area contributed by atoms with Gasteiger partial charge < -0.3 is 5.11 Å². The Morgan fingerprint density at radius 3 is 2.53 bits per heavy atom. The topological polar surface area (TPSA) is 33.1 Å². The number of nitrogens with zero attached hydrogens (tertiary/aromatic N) is 1. The molecule has 0 saturated heterocycles. The first kappa shape index (κ1) is 12.0. The molecule has 0 saturated carbocycles. The van der Waals surface area contributed by atoms with E-state index in [1.54, 1.807) is 6.92 Å². The Kier molecular flexibility index (Phi) is 2.88. The molecule has 1 aromatic heterocycles. The van der Waals surface area contributed by atoms with Crippen LogP contribution in [0.3, 0.4) is 0 Å². The SMILES string of the molecule is Cc1nc2ccc(Cl)cc2c(-c2ccccc2)c1O. The number of hydrogen-bond donors (Lipinski definition) is 1. The van der Waals surface area contributed by atoms with Crippen molar-refractivity contribution >= 4 is 22.5 Å². The highest BCUT2D eigenvalue weighted by Crippen LogP contribution is 2.38. The monoisotopic (exact) mass is 269 g/mol. The van der Waals surface area contributed by atoms with Crippen molar-refractivity contribution in [3.05, 3.63) is 59.2 Å². The van der Waals surface area contributed by atoms with E-state index in [1.165, 1.54) is 0 Å². The van der Waals surface area contributed by atoms with Crippen molar-refractivity contribution in [1.29, 1.82) is 0 Å². The quantitative estimate of drug-likeness (QED) is 0.702. The van der Waals surface area contributed by atoms with Crippen LogP contribution in [0.1, 0.15) is 5.69 Å². The van der Waals surface area contributed by atoms with E-state index in [4.69, 9.17) is 11.6 Å². The summed E-state index contributed by atoms with van der Waals surface area (Å²) in [5, 5.41) is 11.8. The van der Waals surface area contributed by atoms with Crippen LogP contribution in [-0.4, -0.2) is 10.1 Å². The third-order valence-electron chi connectivity index (χ3n) is 3.16. The number of aryl methyl sites for hydroxylation is 1. The standard InChI is InChI=1S/C16H12ClNO/c1-10-16(19)15(11-5-3-2-4-6-11)13-9-12(17)7-8-14(13)18-10/h2-9,19H,1H3. The summed E-state index contributed by atoms with van der Waals surface area (Å²) in [5.41, 5.74) is 3.19. The van der Waals surface area contributed by atoms with Gasteiger partial charge in [-0.1, -0.05) is 41.9 Å². The van der Waals surface area contributed by atoms with Crippen LogP contribution in [0.5, 0.6) is 5.75 Å². The molecule has 0 aliphatic rings. The molecule has 0 amide bonds. The number of aromatic nitrogens is 1. The lowest BCUT2D eigenvalue weighted by Crippen LogP contribution is -1.90. The number of aromatic hydroxyl groups is 1. The molecule has 2 aromatic carbocycles. The van der Waals surface area contributed by atoms with Crippen LogP contribution in [0.4, 0.5) is 0 Å².